The van der Waals surface area contributed by atoms with Gasteiger partial charge in [-0.05, 0) is 41.8 Å². The van der Waals surface area contributed by atoms with Crippen LogP contribution in [-0.2, 0) is 5.75 Å². The van der Waals surface area contributed by atoms with Gasteiger partial charge in [-0.25, -0.2) is 4.98 Å². The first-order chi connectivity index (χ1) is 14.7. The Morgan fingerprint density at radius 3 is 2.47 bits per heavy atom. The van der Waals surface area contributed by atoms with Crippen LogP contribution in [0.15, 0.2) is 81.8 Å². The lowest BCUT2D eigenvalue weighted by Gasteiger charge is -2.11. The third-order valence-electron chi connectivity index (χ3n) is 4.11. The maximum absolute atomic E-state index is 12.9. The Bertz CT molecular complexity index is 1140. The van der Waals surface area contributed by atoms with E-state index in [2.05, 4.69) is 15.6 Å². The minimum atomic E-state index is -0.196. The average molecular weight is 452 g/mol. The normalized spacial score (nSPS) is 10.5. The summed E-state index contributed by atoms with van der Waals surface area (Å²) in [4.78, 5) is 31.0. The predicted molar refractivity (Wildman–Crippen MR) is 125 cm³/mol. The van der Waals surface area contributed by atoms with Crippen molar-refractivity contribution in [2.45, 2.75) is 10.6 Å². The number of aromatic nitrogens is 1. The molecular weight excluding hydrogens is 434 g/mol. The van der Waals surface area contributed by atoms with Gasteiger partial charge in [-0.15, -0.1) is 34.4 Å². The summed E-state index contributed by atoms with van der Waals surface area (Å²) in [5.74, 6) is 0.341. The second kappa shape index (κ2) is 9.71. The molecule has 0 aliphatic carbocycles. The first kappa shape index (κ1) is 20.3. The summed E-state index contributed by atoms with van der Waals surface area (Å²) >= 11 is 4.52. The lowest BCUT2D eigenvalue weighted by Crippen LogP contribution is -2.14. The molecule has 2 amide bonds. The Morgan fingerprint density at radius 1 is 0.933 bits per heavy atom. The van der Waals surface area contributed by atoms with Gasteiger partial charge < -0.3 is 10.6 Å². The first-order valence-corrected chi connectivity index (χ1v) is 11.8. The summed E-state index contributed by atoms with van der Waals surface area (Å²) in [6.45, 7) is 0. The van der Waals surface area contributed by atoms with Crippen molar-refractivity contribution in [3.05, 3.63) is 93.1 Å². The van der Waals surface area contributed by atoms with E-state index in [9.17, 15) is 9.59 Å². The van der Waals surface area contributed by atoms with Crippen molar-refractivity contribution in [2.24, 2.45) is 0 Å². The highest BCUT2D eigenvalue weighted by molar-refractivity contribution is 7.98. The van der Waals surface area contributed by atoms with Crippen molar-refractivity contribution in [2.75, 3.05) is 10.6 Å². The number of thiazole rings is 1. The van der Waals surface area contributed by atoms with Gasteiger partial charge in [0.1, 0.15) is 0 Å². The fraction of sp³-hybridized carbons (Fsp3) is 0.0455. The average Bonchev–Trinajstić information content (AvgIpc) is 3.47. The third-order valence-corrected chi connectivity index (χ3v) is 6.72. The van der Waals surface area contributed by atoms with Gasteiger partial charge >= 0.3 is 0 Å². The van der Waals surface area contributed by atoms with Crippen LogP contribution in [0.5, 0.6) is 0 Å². The van der Waals surface area contributed by atoms with E-state index >= 15 is 0 Å². The van der Waals surface area contributed by atoms with Crippen LogP contribution in [-0.4, -0.2) is 16.8 Å². The standard InChI is InChI=1S/C22H17N3O2S3/c26-21(18-7-1-2-8-19(18)30-13-17-12-28-14-23-17)24-15-5-3-6-16(11-15)25-22(27)20-9-4-10-29-20/h1-12,14H,13H2,(H,24,26)(H,25,27). The molecule has 0 aliphatic rings. The molecule has 5 nitrogen and oxygen atoms in total. The van der Waals surface area contributed by atoms with Crippen molar-refractivity contribution >= 4 is 57.6 Å². The summed E-state index contributed by atoms with van der Waals surface area (Å²) in [6.07, 6.45) is 0. The highest BCUT2D eigenvalue weighted by atomic mass is 32.2. The van der Waals surface area contributed by atoms with E-state index < -0.39 is 0 Å². The number of nitrogens with zero attached hydrogens (tertiary/aromatic N) is 1. The second-order valence-electron chi connectivity index (χ2n) is 6.23. The highest BCUT2D eigenvalue weighted by Crippen LogP contribution is 2.27. The van der Waals surface area contributed by atoms with Gasteiger partial charge in [0.2, 0.25) is 0 Å². The van der Waals surface area contributed by atoms with Gasteiger partial charge in [0, 0.05) is 27.4 Å². The SMILES string of the molecule is O=C(Nc1cccc(NC(=O)c2ccccc2SCc2cscn2)c1)c1cccs1. The van der Waals surface area contributed by atoms with E-state index in [4.69, 9.17) is 0 Å². The molecule has 2 heterocycles. The number of benzene rings is 2. The fourth-order valence-electron chi connectivity index (χ4n) is 2.71. The van der Waals surface area contributed by atoms with Crippen LogP contribution in [0, 0.1) is 0 Å². The molecule has 0 bridgehead atoms. The molecule has 150 valence electrons. The van der Waals surface area contributed by atoms with Crippen molar-refractivity contribution in [3.63, 3.8) is 0 Å². The van der Waals surface area contributed by atoms with E-state index in [0.29, 0.717) is 27.6 Å². The van der Waals surface area contributed by atoms with E-state index in [-0.39, 0.29) is 11.8 Å². The number of hydrogen-bond donors (Lipinski definition) is 2. The number of anilines is 2. The summed E-state index contributed by atoms with van der Waals surface area (Å²) in [7, 11) is 0. The molecule has 30 heavy (non-hydrogen) atoms. The van der Waals surface area contributed by atoms with Crippen LogP contribution >= 0.6 is 34.4 Å². The molecule has 4 rings (SSSR count). The Kier molecular flexibility index (Phi) is 6.58. The lowest BCUT2D eigenvalue weighted by atomic mass is 10.2. The number of thioether (sulfide) groups is 1. The van der Waals surface area contributed by atoms with Crippen LogP contribution < -0.4 is 10.6 Å². The third kappa shape index (κ3) is 5.15. The minimum absolute atomic E-state index is 0.169. The molecule has 2 aromatic carbocycles. The molecular formula is C22H17N3O2S3. The predicted octanol–water partition coefficient (Wildman–Crippen LogP) is 6.00. The molecule has 0 fully saturated rings. The van der Waals surface area contributed by atoms with Gasteiger partial charge in [0.15, 0.2) is 0 Å². The summed E-state index contributed by atoms with van der Waals surface area (Å²) in [6, 6.07) is 18.2. The van der Waals surface area contributed by atoms with Gasteiger partial charge in [-0.3, -0.25) is 9.59 Å². The van der Waals surface area contributed by atoms with Crippen LogP contribution in [0.2, 0.25) is 0 Å². The molecule has 0 aliphatic heterocycles. The zero-order valence-corrected chi connectivity index (χ0v) is 18.2. The van der Waals surface area contributed by atoms with Gasteiger partial charge in [0.25, 0.3) is 11.8 Å². The molecule has 0 saturated heterocycles. The monoisotopic (exact) mass is 451 g/mol. The largest absolute Gasteiger partial charge is 0.322 e. The fourth-order valence-corrected chi connectivity index (χ4v) is 4.95. The number of thiophene rings is 1. The van der Waals surface area contributed by atoms with Crippen LogP contribution in [0.3, 0.4) is 0 Å². The Labute approximate surface area is 186 Å². The molecule has 0 spiro atoms. The van der Waals surface area contributed by atoms with Crippen molar-refractivity contribution in [3.8, 4) is 0 Å². The number of amides is 2. The molecule has 0 saturated carbocycles. The number of carbonyl (C=O) groups excluding carboxylic acids is 2. The van der Waals surface area contributed by atoms with Gasteiger partial charge in [0.05, 0.1) is 21.6 Å². The minimum Gasteiger partial charge on any atom is -0.322 e. The van der Waals surface area contributed by atoms with Gasteiger partial charge in [-0.1, -0.05) is 24.3 Å². The van der Waals surface area contributed by atoms with E-state index in [0.717, 1.165) is 10.6 Å². The van der Waals surface area contributed by atoms with Crippen molar-refractivity contribution < 1.29 is 9.59 Å². The number of nitrogens with one attached hydrogen (secondary N) is 2. The van der Waals surface area contributed by atoms with E-state index in [1.54, 1.807) is 65.0 Å². The Balaban J connectivity index is 1.44. The zero-order valence-electron chi connectivity index (χ0n) is 15.7. The van der Waals surface area contributed by atoms with E-state index in [1.807, 2.05) is 35.0 Å². The topological polar surface area (TPSA) is 71.1 Å². The molecule has 0 radical (unpaired) electrons. The second-order valence-corrected chi connectivity index (χ2v) is 8.91. The Hall–Kier alpha value is -2.94. The van der Waals surface area contributed by atoms with Crippen LogP contribution in [0.25, 0.3) is 0 Å². The van der Waals surface area contributed by atoms with Crippen LogP contribution in [0.4, 0.5) is 11.4 Å². The lowest BCUT2D eigenvalue weighted by molar-refractivity contribution is 0.101. The summed E-state index contributed by atoms with van der Waals surface area (Å²) in [5, 5.41) is 9.64. The number of hydrogen-bond acceptors (Lipinski definition) is 6. The molecule has 0 unspecified atom stereocenters. The van der Waals surface area contributed by atoms with Crippen molar-refractivity contribution in [1.82, 2.24) is 4.98 Å². The maximum atomic E-state index is 12.9. The molecule has 2 aromatic heterocycles. The maximum Gasteiger partial charge on any atom is 0.265 e. The van der Waals surface area contributed by atoms with E-state index in [1.165, 1.54) is 11.3 Å². The number of carbonyl (C=O) groups is 2. The van der Waals surface area contributed by atoms with Crippen molar-refractivity contribution in [1.29, 1.82) is 0 Å². The Morgan fingerprint density at radius 2 is 1.73 bits per heavy atom. The quantitative estimate of drug-likeness (QED) is 0.338. The molecule has 4 aromatic rings. The highest BCUT2D eigenvalue weighted by Gasteiger charge is 2.13. The van der Waals surface area contributed by atoms with Crippen LogP contribution in [0.1, 0.15) is 25.7 Å². The molecule has 8 heteroatoms. The number of rotatable bonds is 7. The summed E-state index contributed by atoms with van der Waals surface area (Å²) < 4.78 is 0. The zero-order chi connectivity index (χ0) is 20.8. The molecule has 0 atom stereocenters. The molecule has 2 N–H and O–H groups in total. The first-order valence-electron chi connectivity index (χ1n) is 9.04. The summed E-state index contributed by atoms with van der Waals surface area (Å²) in [5.41, 5.74) is 4.64. The smallest absolute Gasteiger partial charge is 0.265 e. The van der Waals surface area contributed by atoms with Gasteiger partial charge in [-0.2, -0.15) is 0 Å².